The van der Waals surface area contributed by atoms with E-state index in [-0.39, 0.29) is 4.90 Å². The molecule has 0 saturated heterocycles. The Morgan fingerprint density at radius 2 is 1.78 bits per heavy atom. The third-order valence-corrected chi connectivity index (χ3v) is 3.86. The van der Waals surface area contributed by atoms with Gasteiger partial charge in [-0.05, 0) is 45.5 Å². The van der Waals surface area contributed by atoms with Crippen molar-refractivity contribution in [3.8, 4) is 0 Å². The molecule has 0 unspecified atom stereocenters. The van der Waals surface area contributed by atoms with Gasteiger partial charge in [-0.15, -0.1) is 0 Å². The van der Waals surface area contributed by atoms with Gasteiger partial charge in [-0.25, -0.2) is 0 Å². The zero-order valence-corrected chi connectivity index (χ0v) is 11.9. The van der Waals surface area contributed by atoms with Crippen LogP contribution < -0.4 is 0 Å². The van der Waals surface area contributed by atoms with Crippen LogP contribution in [0.25, 0.3) is 0 Å². The molecule has 1 aliphatic rings. The number of hydrogen-bond acceptors (Lipinski definition) is 3. The first kappa shape index (κ1) is 15.1. The summed E-state index contributed by atoms with van der Waals surface area (Å²) in [6.07, 6.45) is 2.87. The van der Waals surface area contributed by atoms with E-state index in [2.05, 4.69) is 18.9 Å². The first-order valence-corrected chi connectivity index (χ1v) is 7.53. The van der Waals surface area contributed by atoms with E-state index in [0.29, 0.717) is 0 Å². The molecule has 0 aromatic heterocycles. The fourth-order valence-corrected chi connectivity index (χ4v) is 1.96. The monoisotopic (exact) mass is 271 g/mol. The van der Waals surface area contributed by atoms with Crippen LogP contribution in [0, 0.1) is 6.92 Å². The molecule has 102 valence electrons. The average Bonchev–Trinajstić information content (AvgIpc) is 3.12. The summed E-state index contributed by atoms with van der Waals surface area (Å²) in [6, 6.07) is 6.94. The summed E-state index contributed by atoms with van der Waals surface area (Å²) in [5.41, 5.74) is 0.956. The largest absolute Gasteiger partial charge is 0.304 e. The minimum Gasteiger partial charge on any atom is -0.304 e. The highest BCUT2D eigenvalue weighted by molar-refractivity contribution is 7.85. The van der Waals surface area contributed by atoms with Crippen LogP contribution >= 0.6 is 0 Å². The maximum absolute atomic E-state index is 10.5. The Bertz CT molecular complexity index is 464. The van der Waals surface area contributed by atoms with Crippen LogP contribution in [0.4, 0.5) is 0 Å². The zero-order chi connectivity index (χ0) is 13.8. The summed E-state index contributed by atoms with van der Waals surface area (Å²) in [4.78, 5) is 2.34. The molecule has 1 saturated carbocycles. The van der Waals surface area contributed by atoms with Crippen molar-refractivity contribution in [3.05, 3.63) is 29.8 Å². The lowest BCUT2D eigenvalue weighted by Gasteiger charge is -2.10. The van der Waals surface area contributed by atoms with Gasteiger partial charge < -0.3 is 4.90 Å². The van der Waals surface area contributed by atoms with Crippen LogP contribution in [0.15, 0.2) is 29.2 Å². The van der Waals surface area contributed by atoms with Gasteiger partial charge in [0, 0.05) is 6.04 Å². The molecule has 1 fully saturated rings. The molecule has 5 heteroatoms. The molecule has 0 radical (unpaired) electrons. The lowest BCUT2D eigenvalue weighted by atomic mass is 10.2. The molecule has 0 bridgehead atoms. The lowest BCUT2D eigenvalue weighted by molar-refractivity contribution is 0.343. The van der Waals surface area contributed by atoms with E-state index in [9.17, 15) is 8.42 Å². The predicted octanol–water partition coefficient (Wildman–Crippen LogP) is 2.34. The Morgan fingerprint density at radius 3 is 2.06 bits per heavy atom. The van der Waals surface area contributed by atoms with Gasteiger partial charge in [-0.2, -0.15) is 8.42 Å². The van der Waals surface area contributed by atoms with Gasteiger partial charge >= 0.3 is 0 Å². The molecule has 0 aliphatic heterocycles. The predicted molar refractivity (Wildman–Crippen MR) is 72.3 cm³/mol. The van der Waals surface area contributed by atoms with Gasteiger partial charge in [0.2, 0.25) is 0 Å². The van der Waals surface area contributed by atoms with E-state index in [0.717, 1.165) is 11.6 Å². The highest BCUT2D eigenvalue weighted by Crippen LogP contribution is 2.24. The van der Waals surface area contributed by atoms with Crippen LogP contribution in [-0.2, 0) is 10.1 Å². The van der Waals surface area contributed by atoms with Crippen molar-refractivity contribution in [2.45, 2.75) is 37.6 Å². The van der Waals surface area contributed by atoms with E-state index in [1.165, 1.54) is 31.5 Å². The van der Waals surface area contributed by atoms with Crippen molar-refractivity contribution >= 4 is 10.1 Å². The third-order valence-electron chi connectivity index (χ3n) is 2.99. The summed E-state index contributed by atoms with van der Waals surface area (Å²) in [5.74, 6) is 0. The molecule has 18 heavy (non-hydrogen) atoms. The van der Waals surface area contributed by atoms with Gasteiger partial charge in [-0.3, -0.25) is 4.55 Å². The van der Waals surface area contributed by atoms with Crippen LogP contribution in [-0.4, -0.2) is 37.5 Å². The molecule has 4 nitrogen and oxygen atoms in total. The van der Waals surface area contributed by atoms with Crippen LogP contribution in [0.3, 0.4) is 0 Å². The minimum atomic E-state index is -4.02. The second-order valence-electron chi connectivity index (χ2n) is 4.59. The van der Waals surface area contributed by atoms with Gasteiger partial charge in [-0.1, -0.05) is 24.6 Å². The highest BCUT2D eigenvalue weighted by atomic mass is 32.2. The maximum atomic E-state index is 10.5. The second-order valence-corrected chi connectivity index (χ2v) is 6.01. The van der Waals surface area contributed by atoms with E-state index in [4.69, 9.17) is 4.55 Å². The zero-order valence-electron chi connectivity index (χ0n) is 11.1. The molecule has 0 spiro atoms. The van der Waals surface area contributed by atoms with Crippen LogP contribution in [0.2, 0.25) is 0 Å². The molecular weight excluding hydrogens is 250 g/mol. The van der Waals surface area contributed by atoms with Gasteiger partial charge in [0.1, 0.15) is 0 Å². The van der Waals surface area contributed by atoms with E-state index >= 15 is 0 Å². The van der Waals surface area contributed by atoms with Gasteiger partial charge in [0.15, 0.2) is 0 Å². The maximum Gasteiger partial charge on any atom is 0.294 e. The van der Waals surface area contributed by atoms with Crippen molar-refractivity contribution in [1.82, 2.24) is 4.90 Å². The first-order chi connectivity index (χ1) is 8.34. The second kappa shape index (κ2) is 6.31. The SMILES string of the molecule is CCN(C)C1CC1.Cc1ccc(S(=O)(=O)O)cc1. The Balaban J connectivity index is 0.000000199. The summed E-state index contributed by atoms with van der Waals surface area (Å²) in [6.45, 7) is 5.26. The topological polar surface area (TPSA) is 57.6 Å². The molecular formula is C13H21NO3S. The summed E-state index contributed by atoms with van der Waals surface area (Å²) < 4.78 is 29.6. The van der Waals surface area contributed by atoms with E-state index < -0.39 is 10.1 Å². The highest BCUT2D eigenvalue weighted by Gasteiger charge is 2.24. The Kier molecular flexibility index (Phi) is 5.31. The molecule has 0 amide bonds. The quantitative estimate of drug-likeness (QED) is 0.857. The molecule has 1 N–H and O–H groups in total. The summed E-state index contributed by atoms with van der Waals surface area (Å²) in [5, 5.41) is 0. The number of benzene rings is 1. The molecule has 0 heterocycles. The van der Waals surface area contributed by atoms with Gasteiger partial charge in [0.05, 0.1) is 4.90 Å². The normalized spacial score (nSPS) is 15.2. The molecule has 1 aromatic carbocycles. The molecule has 1 aliphatic carbocycles. The molecule has 1 aromatic rings. The van der Waals surface area contributed by atoms with Crippen LogP contribution in [0.1, 0.15) is 25.3 Å². The van der Waals surface area contributed by atoms with Crippen molar-refractivity contribution in [1.29, 1.82) is 0 Å². The smallest absolute Gasteiger partial charge is 0.294 e. The number of aryl methyl sites for hydroxylation is 1. The number of nitrogens with zero attached hydrogens (tertiary/aromatic N) is 1. The van der Waals surface area contributed by atoms with E-state index in [1.54, 1.807) is 12.1 Å². The Labute approximate surface area is 109 Å². The average molecular weight is 271 g/mol. The van der Waals surface area contributed by atoms with Crippen molar-refractivity contribution < 1.29 is 13.0 Å². The van der Waals surface area contributed by atoms with E-state index in [1.807, 2.05) is 6.92 Å². The van der Waals surface area contributed by atoms with Crippen molar-refractivity contribution in [2.75, 3.05) is 13.6 Å². The van der Waals surface area contributed by atoms with Crippen LogP contribution in [0.5, 0.6) is 0 Å². The summed E-state index contributed by atoms with van der Waals surface area (Å²) >= 11 is 0. The fourth-order valence-electron chi connectivity index (χ4n) is 1.48. The lowest BCUT2D eigenvalue weighted by Crippen LogP contribution is -2.19. The van der Waals surface area contributed by atoms with Crippen molar-refractivity contribution in [3.63, 3.8) is 0 Å². The summed E-state index contributed by atoms with van der Waals surface area (Å²) in [7, 11) is -1.83. The standard InChI is InChI=1S/C7H8O3S.C6H13N/c1-6-2-4-7(5-3-6)11(8,9)10;1-3-7(2)6-4-5-6/h2-5H,1H3,(H,8,9,10);6H,3-5H2,1-2H3. The number of hydrogen-bond donors (Lipinski definition) is 1. The minimum absolute atomic E-state index is 0.0666. The molecule has 0 atom stereocenters. The Hall–Kier alpha value is -0.910. The Morgan fingerprint density at radius 1 is 1.28 bits per heavy atom. The molecule has 2 rings (SSSR count). The first-order valence-electron chi connectivity index (χ1n) is 6.09. The van der Waals surface area contributed by atoms with Crippen molar-refractivity contribution in [2.24, 2.45) is 0 Å². The third kappa shape index (κ3) is 5.16. The van der Waals surface area contributed by atoms with Gasteiger partial charge in [0.25, 0.3) is 10.1 Å². The fraction of sp³-hybridized carbons (Fsp3) is 0.538. The number of rotatable bonds is 3.